The highest BCUT2D eigenvalue weighted by molar-refractivity contribution is 9.11. The summed E-state index contributed by atoms with van der Waals surface area (Å²) in [6.07, 6.45) is 0. The molecule has 0 saturated carbocycles. The van der Waals surface area contributed by atoms with Crippen LogP contribution in [0, 0.1) is 0 Å². The fourth-order valence-electron chi connectivity index (χ4n) is 1.88. The summed E-state index contributed by atoms with van der Waals surface area (Å²) in [5.74, 6) is 0.682. The largest absolute Gasteiger partial charge is 0.504 e. The molecule has 2 N–H and O–H groups in total. The van der Waals surface area contributed by atoms with Crippen molar-refractivity contribution in [1.82, 2.24) is 0 Å². The standard InChI is InChI=1S/C15H14Br3NO2/c1-2-21-13-5-3-4-9(15(13)20)8-19-14-11(17)6-10(16)7-12(14)18/h3-7,19-20H,2,8H2,1H3. The summed E-state index contributed by atoms with van der Waals surface area (Å²) in [6, 6.07) is 9.42. The Kier molecular flexibility index (Phi) is 5.96. The number of aromatic hydroxyl groups is 1. The summed E-state index contributed by atoms with van der Waals surface area (Å²) in [5, 5.41) is 13.5. The van der Waals surface area contributed by atoms with Crippen molar-refractivity contribution in [3.8, 4) is 11.5 Å². The zero-order valence-electron chi connectivity index (χ0n) is 11.3. The van der Waals surface area contributed by atoms with Crippen molar-refractivity contribution in [3.05, 3.63) is 49.3 Å². The van der Waals surface area contributed by atoms with Crippen LogP contribution in [0.3, 0.4) is 0 Å². The van der Waals surface area contributed by atoms with Gasteiger partial charge in [0.25, 0.3) is 0 Å². The van der Waals surface area contributed by atoms with Gasteiger partial charge in [-0.2, -0.15) is 0 Å². The van der Waals surface area contributed by atoms with E-state index in [1.54, 1.807) is 6.07 Å². The van der Waals surface area contributed by atoms with Gasteiger partial charge in [0.05, 0.1) is 12.3 Å². The highest BCUT2D eigenvalue weighted by Gasteiger charge is 2.10. The lowest BCUT2D eigenvalue weighted by atomic mass is 10.2. The van der Waals surface area contributed by atoms with E-state index >= 15 is 0 Å². The Morgan fingerprint density at radius 3 is 2.43 bits per heavy atom. The Balaban J connectivity index is 2.19. The van der Waals surface area contributed by atoms with Gasteiger partial charge in [0.15, 0.2) is 11.5 Å². The van der Waals surface area contributed by atoms with Gasteiger partial charge >= 0.3 is 0 Å². The number of phenolic OH excluding ortho intramolecular Hbond substituents is 1. The minimum absolute atomic E-state index is 0.177. The number of rotatable bonds is 5. The van der Waals surface area contributed by atoms with Crippen molar-refractivity contribution in [1.29, 1.82) is 0 Å². The SMILES string of the molecule is CCOc1cccc(CNc2c(Br)cc(Br)cc2Br)c1O. The number of hydrogen-bond donors (Lipinski definition) is 2. The molecule has 21 heavy (non-hydrogen) atoms. The minimum Gasteiger partial charge on any atom is -0.504 e. The molecule has 0 aliphatic rings. The normalized spacial score (nSPS) is 10.5. The average Bonchev–Trinajstić information content (AvgIpc) is 2.41. The van der Waals surface area contributed by atoms with E-state index in [9.17, 15) is 5.11 Å². The van der Waals surface area contributed by atoms with Crippen LogP contribution >= 0.6 is 47.8 Å². The molecule has 0 aliphatic carbocycles. The molecule has 0 fully saturated rings. The van der Waals surface area contributed by atoms with Gasteiger partial charge in [0.1, 0.15) is 0 Å². The number of benzene rings is 2. The van der Waals surface area contributed by atoms with Crippen molar-refractivity contribution in [2.75, 3.05) is 11.9 Å². The monoisotopic (exact) mass is 477 g/mol. The maximum absolute atomic E-state index is 10.2. The van der Waals surface area contributed by atoms with Crippen LogP contribution in [0.25, 0.3) is 0 Å². The smallest absolute Gasteiger partial charge is 0.162 e. The topological polar surface area (TPSA) is 41.5 Å². The van der Waals surface area contributed by atoms with Crippen LogP contribution in [0.1, 0.15) is 12.5 Å². The molecule has 0 bridgehead atoms. The van der Waals surface area contributed by atoms with E-state index in [0.29, 0.717) is 18.9 Å². The fourth-order valence-corrected chi connectivity index (χ4v) is 4.42. The summed E-state index contributed by atoms with van der Waals surface area (Å²) in [6.45, 7) is 2.90. The maximum atomic E-state index is 10.2. The summed E-state index contributed by atoms with van der Waals surface area (Å²) in [5.41, 5.74) is 1.71. The van der Waals surface area contributed by atoms with Crippen LogP contribution in [-0.2, 0) is 6.54 Å². The highest BCUT2D eigenvalue weighted by Crippen LogP contribution is 2.36. The lowest BCUT2D eigenvalue weighted by Gasteiger charge is -2.14. The fraction of sp³-hybridized carbons (Fsp3) is 0.200. The van der Waals surface area contributed by atoms with Crippen LogP contribution in [0.2, 0.25) is 0 Å². The lowest BCUT2D eigenvalue weighted by molar-refractivity contribution is 0.317. The summed E-state index contributed by atoms with van der Waals surface area (Å²) in [7, 11) is 0. The molecular weight excluding hydrogens is 466 g/mol. The summed E-state index contributed by atoms with van der Waals surface area (Å²) >= 11 is 10.5. The molecule has 112 valence electrons. The molecule has 2 aromatic carbocycles. The molecule has 0 radical (unpaired) electrons. The van der Waals surface area contributed by atoms with Gasteiger partial charge in [-0.15, -0.1) is 0 Å². The first-order valence-corrected chi connectivity index (χ1v) is 8.73. The lowest BCUT2D eigenvalue weighted by Crippen LogP contribution is -2.02. The van der Waals surface area contributed by atoms with Crippen molar-refractivity contribution in [2.24, 2.45) is 0 Å². The van der Waals surface area contributed by atoms with Gasteiger partial charge in [-0.25, -0.2) is 0 Å². The number of hydrogen-bond acceptors (Lipinski definition) is 3. The number of para-hydroxylation sites is 1. The van der Waals surface area contributed by atoms with Crippen molar-refractivity contribution in [3.63, 3.8) is 0 Å². The van der Waals surface area contributed by atoms with Crippen molar-refractivity contribution < 1.29 is 9.84 Å². The van der Waals surface area contributed by atoms with E-state index in [4.69, 9.17) is 4.74 Å². The van der Waals surface area contributed by atoms with E-state index in [1.165, 1.54) is 0 Å². The molecular formula is C15H14Br3NO2. The van der Waals surface area contributed by atoms with Crippen LogP contribution in [-0.4, -0.2) is 11.7 Å². The molecule has 0 spiro atoms. The van der Waals surface area contributed by atoms with Gasteiger partial charge in [-0.3, -0.25) is 0 Å². The van der Waals surface area contributed by atoms with Crippen molar-refractivity contribution in [2.45, 2.75) is 13.5 Å². The Bertz CT molecular complexity index is 624. The first-order valence-electron chi connectivity index (χ1n) is 6.35. The minimum atomic E-state index is 0.177. The third-order valence-electron chi connectivity index (χ3n) is 2.84. The number of halogens is 3. The van der Waals surface area contributed by atoms with E-state index in [-0.39, 0.29) is 5.75 Å². The quantitative estimate of drug-likeness (QED) is 0.578. The van der Waals surface area contributed by atoms with Crippen LogP contribution < -0.4 is 10.1 Å². The molecule has 6 heteroatoms. The van der Waals surface area contributed by atoms with Crippen molar-refractivity contribution >= 4 is 53.5 Å². The van der Waals surface area contributed by atoms with Gasteiger partial charge in [-0.1, -0.05) is 28.1 Å². The molecule has 0 unspecified atom stereocenters. The Morgan fingerprint density at radius 1 is 1.14 bits per heavy atom. The molecule has 0 aliphatic heterocycles. The third kappa shape index (κ3) is 4.14. The number of ether oxygens (including phenoxy) is 1. The van der Waals surface area contributed by atoms with Gasteiger partial charge < -0.3 is 15.2 Å². The Labute approximate surface area is 149 Å². The van der Waals surface area contributed by atoms with E-state index in [0.717, 1.165) is 24.7 Å². The molecule has 0 saturated heterocycles. The van der Waals surface area contributed by atoms with E-state index < -0.39 is 0 Å². The van der Waals surface area contributed by atoms with Crippen LogP contribution in [0.5, 0.6) is 11.5 Å². The Morgan fingerprint density at radius 2 is 1.81 bits per heavy atom. The van der Waals surface area contributed by atoms with E-state index in [1.807, 2.05) is 31.2 Å². The zero-order valence-corrected chi connectivity index (χ0v) is 16.0. The molecule has 0 heterocycles. The first kappa shape index (κ1) is 16.6. The second-order valence-electron chi connectivity index (χ2n) is 4.29. The first-order chi connectivity index (χ1) is 10.0. The predicted octanol–water partition coefficient (Wildman–Crippen LogP) is 5.69. The predicted molar refractivity (Wildman–Crippen MR) is 96.1 cm³/mol. The van der Waals surface area contributed by atoms with Crippen LogP contribution in [0.4, 0.5) is 5.69 Å². The molecule has 0 amide bonds. The second-order valence-corrected chi connectivity index (χ2v) is 6.92. The summed E-state index contributed by atoms with van der Waals surface area (Å²) in [4.78, 5) is 0. The molecule has 3 nitrogen and oxygen atoms in total. The van der Waals surface area contributed by atoms with Gasteiger partial charge in [0.2, 0.25) is 0 Å². The van der Waals surface area contributed by atoms with Gasteiger partial charge in [0, 0.05) is 25.5 Å². The van der Waals surface area contributed by atoms with Crippen LogP contribution in [0.15, 0.2) is 43.7 Å². The van der Waals surface area contributed by atoms with E-state index in [2.05, 4.69) is 53.1 Å². The molecule has 2 rings (SSSR count). The number of nitrogens with one attached hydrogen (secondary N) is 1. The number of anilines is 1. The highest BCUT2D eigenvalue weighted by atomic mass is 79.9. The molecule has 0 atom stereocenters. The third-order valence-corrected chi connectivity index (χ3v) is 4.55. The Hall–Kier alpha value is -0.720. The molecule has 0 aromatic heterocycles. The average molecular weight is 480 g/mol. The maximum Gasteiger partial charge on any atom is 0.162 e. The number of phenols is 1. The van der Waals surface area contributed by atoms with Gasteiger partial charge in [-0.05, 0) is 57.0 Å². The zero-order chi connectivity index (χ0) is 15.4. The molecule has 2 aromatic rings. The summed E-state index contributed by atoms with van der Waals surface area (Å²) < 4.78 is 8.24. The second kappa shape index (κ2) is 7.51.